The fourth-order valence-corrected chi connectivity index (χ4v) is 5.09. The molecule has 1 spiro atoms. The van der Waals surface area contributed by atoms with Crippen molar-refractivity contribution in [3.05, 3.63) is 27.7 Å². The van der Waals surface area contributed by atoms with Crippen molar-refractivity contribution in [3.8, 4) is 0 Å². The molecule has 1 fully saturated rings. The monoisotopic (exact) mass is 399 g/mol. The molecule has 0 bridgehead atoms. The van der Waals surface area contributed by atoms with Crippen LogP contribution in [-0.2, 0) is 21.5 Å². The first-order chi connectivity index (χ1) is 13.9. The zero-order valence-electron chi connectivity index (χ0n) is 17.6. The van der Waals surface area contributed by atoms with Crippen LogP contribution in [0.3, 0.4) is 0 Å². The number of nitrogens with one attached hydrogen (secondary N) is 1. The standard InChI is InChI=1S/C21H29N5O3/c1-5-29-15(27)12-26-18-13(2)10-21(6-8-22-9-7-21)16(18)19(28)17-20(26)23-11-14(24-17)25(3)4/h11,13,22H,5-10,12H2,1-4H3. The van der Waals surface area contributed by atoms with Gasteiger partial charge in [-0.2, -0.15) is 0 Å². The lowest BCUT2D eigenvalue weighted by atomic mass is 9.74. The predicted molar refractivity (Wildman–Crippen MR) is 112 cm³/mol. The van der Waals surface area contributed by atoms with Gasteiger partial charge in [0.1, 0.15) is 12.4 Å². The van der Waals surface area contributed by atoms with E-state index < -0.39 is 0 Å². The molecule has 1 unspecified atom stereocenters. The summed E-state index contributed by atoms with van der Waals surface area (Å²) < 4.78 is 7.10. The third-order valence-corrected chi connectivity index (χ3v) is 6.29. The number of hydrogen-bond donors (Lipinski definition) is 1. The summed E-state index contributed by atoms with van der Waals surface area (Å²) in [6, 6.07) is 0. The Kier molecular flexibility index (Phi) is 5.06. The van der Waals surface area contributed by atoms with Crippen molar-refractivity contribution in [1.82, 2.24) is 19.9 Å². The highest BCUT2D eigenvalue weighted by atomic mass is 16.5. The molecule has 2 aromatic heterocycles. The summed E-state index contributed by atoms with van der Waals surface area (Å²) in [4.78, 5) is 37.1. The van der Waals surface area contributed by atoms with Gasteiger partial charge in [-0.15, -0.1) is 0 Å². The zero-order valence-corrected chi connectivity index (χ0v) is 17.6. The van der Waals surface area contributed by atoms with Crippen LogP contribution in [-0.4, -0.2) is 54.3 Å². The van der Waals surface area contributed by atoms with Crippen LogP contribution in [0.25, 0.3) is 11.2 Å². The molecule has 8 heteroatoms. The number of pyridine rings is 1. The van der Waals surface area contributed by atoms with Gasteiger partial charge in [0.05, 0.1) is 12.8 Å². The van der Waals surface area contributed by atoms with E-state index >= 15 is 0 Å². The van der Waals surface area contributed by atoms with Gasteiger partial charge in [-0.1, -0.05) is 6.92 Å². The number of fused-ring (bicyclic) bond motifs is 3. The Labute approximate surface area is 170 Å². The predicted octanol–water partition coefficient (Wildman–Crippen LogP) is 1.55. The van der Waals surface area contributed by atoms with Crippen molar-refractivity contribution in [1.29, 1.82) is 0 Å². The van der Waals surface area contributed by atoms with Crippen LogP contribution in [0.15, 0.2) is 11.0 Å². The molecule has 3 heterocycles. The number of anilines is 1. The van der Waals surface area contributed by atoms with Crippen molar-refractivity contribution in [2.75, 3.05) is 38.7 Å². The second-order valence-corrected chi connectivity index (χ2v) is 8.41. The van der Waals surface area contributed by atoms with Crippen molar-refractivity contribution in [3.63, 3.8) is 0 Å². The Balaban J connectivity index is 2.01. The molecule has 0 amide bonds. The van der Waals surface area contributed by atoms with Crippen LogP contribution in [0.5, 0.6) is 0 Å². The molecule has 0 aromatic carbocycles. The van der Waals surface area contributed by atoms with Crippen molar-refractivity contribution < 1.29 is 9.53 Å². The van der Waals surface area contributed by atoms with E-state index in [2.05, 4.69) is 22.2 Å². The SMILES string of the molecule is CCOC(=O)Cn1c2c(c(=O)c3nc(N(C)C)cnc31)C1(CCNCC1)CC2C. The van der Waals surface area contributed by atoms with E-state index in [1.165, 1.54) is 0 Å². The molecule has 8 nitrogen and oxygen atoms in total. The van der Waals surface area contributed by atoms with Gasteiger partial charge in [-0.25, -0.2) is 9.97 Å². The summed E-state index contributed by atoms with van der Waals surface area (Å²) >= 11 is 0. The summed E-state index contributed by atoms with van der Waals surface area (Å²) in [7, 11) is 3.74. The number of rotatable bonds is 4. The number of aromatic nitrogens is 3. The quantitative estimate of drug-likeness (QED) is 0.780. The number of carbonyl (C=O) groups excluding carboxylic acids is 1. The first-order valence-electron chi connectivity index (χ1n) is 10.4. The zero-order chi connectivity index (χ0) is 20.8. The smallest absolute Gasteiger partial charge is 0.326 e. The van der Waals surface area contributed by atoms with Gasteiger partial charge in [-0.05, 0) is 45.2 Å². The molecule has 1 saturated heterocycles. The maximum atomic E-state index is 13.7. The van der Waals surface area contributed by atoms with E-state index in [4.69, 9.17) is 4.74 Å². The van der Waals surface area contributed by atoms with Crippen LogP contribution >= 0.6 is 0 Å². The molecule has 0 saturated carbocycles. The number of esters is 1. The van der Waals surface area contributed by atoms with E-state index in [0.29, 0.717) is 23.6 Å². The number of ether oxygens (including phenoxy) is 1. The minimum atomic E-state index is -0.323. The Bertz CT molecular complexity index is 1010. The molecule has 2 aromatic rings. The molecule has 156 valence electrons. The highest BCUT2D eigenvalue weighted by Crippen LogP contribution is 2.49. The van der Waals surface area contributed by atoms with E-state index in [1.54, 1.807) is 13.1 Å². The Hall–Kier alpha value is -2.48. The van der Waals surface area contributed by atoms with Gasteiger partial charge in [0, 0.05) is 30.8 Å². The lowest BCUT2D eigenvalue weighted by Crippen LogP contribution is -2.41. The second kappa shape index (κ2) is 7.40. The molecule has 4 rings (SSSR count). The number of piperidine rings is 1. The minimum absolute atomic E-state index is 0.0300. The molecule has 29 heavy (non-hydrogen) atoms. The van der Waals surface area contributed by atoms with Crippen LogP contribution < -0.4 is 15.6 Å². The van der Waals surface area contributed by atoms with Crippen LogP contribution in [0.1, 0.15) is 50.3 Å². The molecule has 1 atom stereocenters. The Morgan fingerprint density at radius 3 is 2.76 bits per heavy atom. The second-order valence-electron chi connectivity index (χ2n) is 8.41. The maximum absolute atomic E-state index is 13.7. The Morgan fingerprint density at radius 1 is 1.38 bits per heavy atom. The lowest BCUT2D eigenvalue weighted by molar-refractivity contribution is -0.143. The molecular weight excluding hydrogens is 370 g/mol. The van der Waals surface area contributed by atoms with E-state index in [0.717, 1.165) is 43.6 Å². The molecule has 1 aliphatic carbocycles. The fraction of sp³-hybridized carbons (Fsp3) is 0.619. The molecular formula is C21H29N5O3. The topological polar surface area (TPSA) is 89.3 Å². The minimum Gasteiger partial charge on any atom is -0.465 e. The lowest BCUT2D eigenvalue weighted by Gasteiger charge is -2.34. The molecule has 2 aliphatic rings. The van der Waals surface area contributed by atoms with Gasteiger partial charge in [0.25, 0.3) is 0 Å². The van der Waals surface area contributed by atoms with Crippen LogP contribution in [0, 0.1) is 0 Å². The number of hydrogen-bond acceptors (Lipinski definition) is 7. The van der Waals surface area contributed by atoms with Gasteiger partial charge in [-0.3, -0.25) is 9.59 Å². The highest BCUT2D eigenvalue weighted by Gasteiger charge is 2.47. The number of carbonyl (C=O) groups is 1. The normalized spacial score (nSPS) is 20.1. The summed E-state index contributed by atoms with van der Waals surface area (Å²) in [6.45, 7) is 6.09. The Morgan fingerprint density at radius 2 is 2.10 bits per heavy atom. The maximum Gasteiger partial charge on any atom is 0.326 e. The average Bonchev–Trinajstić information content (AvgIpc) is 2.97. The van der Waals surface area contributed by atoms with Gasteiger partial charge in [0.2, 0.25) is 5.43 Å². The van der Waals surface area contributed by atoms with E-state index in [1.807, 2.05) is 23.6 Å². The van der Waals surface area contributed by atoms with Gasteiger partial charge < -0.3 is 19.5 Å². The van der Waals surface area contributed by atoms with Crippen LogP contribution in [0.4, 0.5) is 5.82 Å². The third-order valence-electron chi connectivity index (χ3n) is 6.29. The van der Waals surface area contributed by atoms with Crippen molar-refractivity contribution >= 4 is 23.0 Å². The molecule has 1 aliphatic heterocycles. The first kappa shape index (κ1) is 19.8. The summed E-state index contributed by atoms with van der Waals surface area (Å²) in [5, 5.41) is 3.41. The van der Waals surface area contributed by atoms with Crippen molar-refractivity contribution in [2.24, 2.45) is 0 Å². The summed E-state index contributed by atoms with van der Waals surface area (Å²) in [6.07, 6.45) is 4.41. The fourth-order valence-electron chi connectivity index (χ4n) is 5.09. The van der Waals surface area contributed by atoms with Gasteiger partial charge in [0.15, 0.2) is 11.2 Å². The third kappa shape index (κ3) is 3.19. The highest BCUT2D eigenvalue weighted by molar-refractivity contribution is 5.78. The van der Waals surface area contributed by atoms with Crippen molar-refractivity contribution in [2.45, 2.75) is 51.0 Å². The van der Waals surface area contributed by atoms with Crippen LogP contribution in [0.2, 0.25) is 0 Å². The largest absolute Gasteiger partial charge is 0.465 e. The summed E-state index contributed by atoms with van der Waals surface area (Å²) in [5.74, 6) is 0.476. The van der Waals surface area contributed by atoms with E-state index in [-0.39, 0.29) is 29.3 Å². The van der Waals surface area contributed by atoms with E-state index in [9.17, 15) is 9.59 Å². The average molecular weight is 399 g/mol. The molecule has 1 N–H and O–H groups in total. The first-order valence-corrected chi connectivity index (χ1v) is 10.4. The van der Waals surface area contributed by atoms with Gasteiger partial charge >= 0.3 is 5.97 Å². The summed E-state index contributed by atoms with van der Waals surface area (Å²) in [5.41, 5.74) is 2.39. The number of nitrogens with zero attached hydrogens (tertiary/aromatic N) is 4. The molecule has 0 radical (unpaired) electrons.